The first-order valence-electron chi connectivity index (χ1n) is 36.0. The Hall–Kier alpha value is -11.3. The van der Waals surface area contributed by atoms with Crippen LogP contribution in [0.1, 0.15) is 121 Å². The third-order valence-electron chi connectivity index (χ3n) is 17.4. The Bertz CT molecular complexity index is 4860. The molecule has 1 aliphatic rings. The van der Waals surface area contributed by atoms with Crippen molar-refractivity contribution in [1.82, 2.24) is 15.4 Å². The van der Waals surface area contributed by atoms with Crippen LogP contribution in [-0.2, 0) is 101 Å². The first-order chi connectivity index (χ1) is 53.0. The van der Waals surface area contributed by atoms with Crippen LogP contribution in [-0.4, -0.2) is 101 Å². The molecule has 4 N–H and O–H groups in total. The standard InChI is InChI=1S/C34H30N2O5.C29H41O10PS.C22H20N2O5/c1-23-29(36-33(41-23)26-12-6-3-7-13-26)20-21-40-27-18-16-24(17-19-27)22-31(34(38)39)35-30-15-9-8-14-28(30)32(37)25-10-4-2-5-11-25;1-28(2,3)26(30)36-20-38-40(32,39-21-37-27(31)29(4,5)6)25(41(33,34)35)17-11-15-23-14-10-16-24(19-23)18-22-12-8-7-9-13-22;1-14-19(23-21(28-14)16-5-3-2-4-6-16)11-12-27-17-9-7-15(8-10-17)13-18-20(25)24-29-22(18)26/h2-19,31,35H,20-22H2,1H3,(H,38,39);7-10,12-14,16,19,25H,11,15,17-18,20-21H2,1-6H3,(H,33,34,35);2-10,18H,11-13H2,1H3,(H,24,25)/t31-;;/m0../s1. The number of benzene rings is 8. The second-order valence-electron chi connectivity index (χ2n) is 28.1. The number of nitrogens with one attached hydrogen (secondary N) is 2. The molecule has 0 spiro atoms. The maximum atomic E-state index is 13.8. The Labute approximate surface area is 645 Å². The van der Waals surface area contributed by atoms with Gasteiger partial charge in [0.25, 0.3) is 16.0 Å². The van der Waals surface area contributed by atoms with E-state index in [-0.39, 0.29) is 25.0 Å². The fourth-order valence-corrected chi connectivity index (χ4v) is 14.7. The molecule has 0 aliphatic carbocycles. The number of aromatic nitrogens is 2. The smallest absolute Gasteiger partial charge is 0.357 e. The molecule has 2 unspecified atom stereocenters. The van der Waals surface area contributed by atoms with E-state index in [0.29, 0.717) is 79.0 Å². The van der Waals surface area contributed by atoms with Crippen LogP contribution in [0.15, 0.2) is 227 Å². The lowest BCUT2D eigenvalue weighted by molar-refractivity contribution is -0.162. The van der Waals surface area contributed by atoms with Gasteiger partial charge >= 0.3 is 31.5 Å². The molecular formula is C85H91N4O20PS. The van der Waals surface area contributed by atoms with Gasteiger partial charge in [-0.2, -0.15) is 13.9 Å². The Morgan fingerprint density at radius 3 is 1.53 bits per heavy atom. The van der Waals surface area contributed by atoms with Gasteiger partial charge in [0.15, 0.2) is 10.8 Å². The number of carbonyl (C=O) groups excluding carboxylic acids is 5. The Morgan fingerprint density at radius 1 is 0.577 bits per heavy atom. The van der Waals surface area contributed by atoms with Crippen LogP contribution >= 0.6 is 7.60 Å². The number of ketones is 1. The van der Waals surface area contributed by atoms with Gasteiger partial charge in [-0.3, -0.25) is 37.3 Å². The minimum atomic E-state index is -4.98. The summed E-state index contributed by atoms with van der Waals surface area (Å²) in [7, 11) is -9.72. The number of hydrogen-bond acceptors (Lipinski definition) is 21. The number of rotatable bonds is 33. The van der Waals surface area contributed by atoms with E-state index in [2.05, 4.69) is 25.6 Å². The maximum absolute atomic E-state index is 13.8. The van der Waals surface area contributed by atoms with Crippen molar-refractivity contribution >= 4 is 59.0 Å². The van der Waals surface area contributed by atoms with Crippen molar-refractivity contribution in [2.45, 2.75) is 118 Å². The van der Waals surface area contributed by atoms with Gasteiger partial charge in [0.2, 0.25) is 25.4 Å². The lowest BCUT2D eigenvalue weighted by Crippen LogP contribution is -2.32. The molecule has 1 saturated heterocycles. The molecule has 1 aliphatic heterocycles. The summed E-state index contributed by atoms with van der Waals surface area (Å²) in [6, 6.07) is 66.9. The second-order valence-corrected chi connectivity index (χ2v) is 32.3. The first kappa shape index (κ1) is 83.7. The summed E-state index contributed by atoms with van der Waals surface area (Å²) >= 11 is 0. The van der Waals surface area contributed by atoms with E-state index in [9.17, 15) is 51.4 Å². The third-order valence-corrected chi connectivity index (χ3v) is 21.8. The molecule has 3 atom stereocenters. The Kier molecular flexibility index (Phi) is 29.7. The van der Waals surface area contributed by atoms with Crippen LogP contribution in [0, 0.1) is 30.6 Å². The molecule has 11 rings (SSSR count). The van der Waals surface area contributed by atoms with Crippen LogP contribution in [0.25, 0.3) is 22.9 Å². The van der Waals surface area contributed by atoms with Crippen LogP contribution in [0.4, 0.5) is 5.69 Å². The van der Waals surface area contributed by atoms with Crippen LogP contribution < -0.4 is 20.3 Å². The van der Waals surface area contributed by atoms with Crippen LogP contribution in [0.2, 0.25) is 0 Å². The van der Waals surface area contributed by atoms with E-state index in [4.69, 9.17) is 36.8 Å². The molecule has 3 heterocycles. The minimum Gasteiger partial charge on any atom is -0.493 e. The van der Waals surface area contributed by atoms with E-state index in [1.807, 2.05) is 184 Å². The maximum Gasteiger partial charge on any atom is 0.357 e. The van der Waals surface area contributed by atoms with E-state index < -0.39 is 88.9 Å². The van der Waals surface area contributed by atoms with Crippen molar-refractivity contribution < 1.29 is 93.1 Å². The number of oxazole rings is 2. The highest BCUT2D eigenvalue weighted by molar-refractivity contribution is 7.94. The number of carboxylic acid groups (broad SMARTS) is 1. The van der Waals surface area contributed by atoms with Crippen molar-refractivity contribution in [3.05, 3.63) is 280 Å². The monoisotopic (exact) mass is 1550 g/mol. The molecule has 26 heteroatoms. The van der Waals surface area contributed by atoms with Gasteiger partial charge in [0, 0.05) is 47.2 Å². The number of aliphatic carboxylic acids is 1. The lowest BCUT2D eigenvalue weighted by atomic mass is 9.98. The predicted octanol–water partition coefficient (Wildman–Crippen LogP) is 15.8. The van der Waals surface area contributed by atoms with E-state index in [0.717, 1.165) is 68.3 Å². The SMILES string of the molecule is CC(C)(C)C(=O)OCOP(=O)(OCOC(=O)C(C)(C)C)C(CCCc1cccc(Cc2ccccc2)c1)S(=O)(=O)O.Cc1oc(-c2ccccc2)nc1CCOc1ccc(CC2C(=O)NOC2=O)cc1.Cc1oc(-c2ccccc2)nc1CCOc1ccc(C[C@H](Nc2ccccc2C(=O)c2ccccc2)C(=O)O)cc1. The molecule has 10 aromatic rings. The number of carbonyl (C=O) groups is 6. The van der Waals surface area contributed by atoms with Gasteiger partial charge in [0.1, 0.15) is 35.0 Å². The van der Waals surface area contributed by atoms with Crippen molar-refractivity contribution in [2.24, 2.45) is 16.7 Å². The summed E-state index contributed by atoms with van der Waals surface area (Å²) in [5, 5.41) is 13.0. The molecule has 0 bridgehead atoms. The summed E-state index contributed by atoms with van der Waals surface area (Å²) in [4.78, 5) is 84.2. The number of aryl methyl sites for hydroxylation is 3. The summed E-state index contributed by atoms with van der Waals surface area (Å²) < 4.78 is 92.2. The number of carboxylic acids is 1. The number of esters is 2. The average Bonchev–Trinajstić information content (AvgIpc) is 1.78. The first-order valence-corrected chi connectivity index (χ1v) is 39.1. The molecule has 8 aromatic carbocycles. The number of para-hydroxylation sites is 1. The molecule has 2 aromatic heterocycles. The summed E-state index contributed by atoms with van der Waals surface area (Å²) in [5.74, 6) is -0.185. The zero-order valence-corrected chi connectivity index (χ0v) is 64.7. The highest BCUT2D eigenvalue weighted by Gasteiger charge is 2.46. The highest BCUT2D eigenvalue weighted by Crippen LogP contribution is 2.57. The molecule has 582 valence electrons. The number of anilines is 1. The normalized spacial score (nSPS) is 13.4. The highest BCUT2D eigenvalue weighted by atomic mass is 32.2. The van der Waals surface area contributed by atoms with Gasteiger partial charge in [-0.1, -0.05) is 158 Å². The van der Waals surface area contributed by atoms with Crippen LogP contribution in [0.5, 0.6) is 11.5 Å². The fraction of sp³-hybridized carbons (Fsp3) is 0.294. The van der Waals surface area contributed by atoms with Crippen molar-refractivity contribution in [3.63, 3.8) is 0 Å². The third kappa shape index (κ3) is 25.4. The number of nitrogens with zero attached hydrogens (tertiary/aromatic N) is 2. The number of hydroxylamine groups is 1. The summed E-state index contributed by atoms with van der Waals surface area (Å²) in [6.45, 7) is 12.4. The van der Waals surface area contributed by atoms with Gasteiger partial charge in [-0.05, 0) is 176 Å². The molecule has 111 heavy (non-hydrogen) atoms. The predicted molar refractivity (Wildman–Crippen MR) is 416 cm³/mol. The molecule has 0 radical (unpaired) electrons. The molecular weight excluding hydrogens is 1460 g/mol. The van der Waals surface area contributed by atoms with Gasteiger partial charge in [0.05, 0.1) is 35.4 Å². The molecule has 0 saturated carbocycles. The van der Waals surface area contributed by atoms with Gasteiger partial charge < -0.3 is 43.0 Å². The van der Waals surface area contributed by atoms with Gasteiger partial charge in [-0.15, -0.1) is 0 Å². The quantitative estimate of drug-likeness (QED) is 0.00564. The zero-order chi connectivity index (χ0) is 79.7. The summed E-state index contributed by atoms with van der Waals surface area (Å²) in [6.07, 6.45) is 2.76. The minimum absolute atomic E-state index is 0.170. The second kappa shape index (κ2) is 39.3. The lowest BCUT2D eigenvalue weighted by Gasteiger charge is -2.26. The number of amides is 1. The van der Waals surface area contributed by atoms with Crippen molar-refractivity contribution in [3.8, 4) is 34.4 Å². The zero-order valence-electron chi connectivity index (χ0n) is 63.0. The van der Waals surface area contributed by atoms with E-state index in [1.165, 1.54) is 0 Å². The molecule has 1 fully saturated rings. The number of ether oxygens (including phenoxy) is 4. The van der Waals surface area contributed by atoms with Crippen molar-refractivity contribution in [2.75, 3.05) is 32.1 Å². The largest absolute Gasteiger partial charge is 0.493 e. The Balaban J connectivity index is 0.000000194. The Morgan fingerprint density at radius 2 is 1.05 bits per heavy atom. The van der Waals surface area contributed by atoms with Crippen LogP contribution in [0.3, 0.4) is 0 Å². The molecule has 24 nitrogen and oxygen atoms in total. The topological polar surface area (TPSA) is 335 Å². The van der Waals surface area contributed by atoms with Gasteiger partial charge in [-0.25, -0.2) is 19.6 Å². The summed E-state index contributed by atoms with van der Waals surface area (Å²) in [5.41, 5.74) is 10.1. The average molecular weight is 1550 g/mol. The number of hydrogen-bond donors (Lipinski definition) is 4. The van der Waals surface area contributed by atoms with Crippen molar-refractivity contribution in [1.29, 1.82) is 0 Å². The van der Waals surface area contributed by atoms with E-state index >= 15 is 0 Å². The van der Waals surface area contributed by atoms with E-state index in [1.54, 1.807) is 90.1 Å². The fourth-order valence-electron chi connectivity index (χ4n) is 11.3. The molecule has 1 amide bonds.